The first-order valence-electron chi connectivity index (χ1n) is 13.6. The van der Waals surface area contributed by atoms with Crippen molar-refractivity contribution in [3.05, 3.63) is 143 Å². The van der Waals surface area contributed by atoms with Gasteiger partial charge in [0.2, 0.25) is 0 Å². The Morgan fingerprint density at radius 3 is 1.38 bits per heavy atom. The van der Waals surface area contributed by atoms with Crippen LogP contribution in [0.3, 0.4) is 0 Å². The molecule has 0 aliphatic rings. The minimum absolute atomic E-state index is 0.0705. The molecule has 0 saturated carbocycles. The van der Waals surface area contributed by atoms with E-state index in [2.05, 4.69) is 10.6 Å². The van der Waals surface area contributed by atoms with Gasteiger partial charge in [0.25, 0.3) is 0 Å². The molecule has 0 aliphatic heterocycles. The molecule has 4 aromatic carbocycles. The highest BCUT2D eigenvalue weighted by Gasteiger charge is 2.12. The van der Waals surface area contributed by atoms with E-state index in [-0.39, 0.29) is 30.9 Å². The summed E-state index contributed by atoms with van der Waals surface area (Å²) in [4.78, 5) is 34.3. The van der Waals surface area contributed by atoms with Crippen LogP contribution < -0.4 is 10.6 Å². The number of ether oxygens (including phenoxy) is 2. The van der Waals surface area contributed by atoms with Gasteiger partial charge in [-0.25, -0.2) is 14.4 Å². The number of aromatic carboxylic acids is 1. The predicted molar refractivity (Wildman–Crippen MR) is 161 cm³/mol. The number of rotatable bonds is 9. The molecule has 2 atom stereocenters. The van der Waals surface area contributed by atoms with Gasteiger partial charge in [-0.05, 0) is 55.2 Å². The molecule has 0 aromatic heterocycles. The molecule has 0 aliphatic carbocycles. The first kappa shape index (κ1) is 31.4. The Bertz CT molecular complexity index is 1410. The Hall–Kier alpha value is -5.11. The molecule has 42 heavy (non-hydrogen) atoms. The average Bonchev–Trinajstić information content (AvgIpc) is 3.00. The summed E-state index contributed by atoms with van der Waals surface area (Å²) in [6.45, 7) is 6.27. The summed E-state index contributed by atoms with van der Waals surface area (Å²) in [5.41, 5.74) is 5.17. The zero-order chi connectivity index (χ0) is 30.3. The lowest BCUT2D eigenvalue weighted by Gasteiger charge is -2.14. The van der Waals surface area contributed by atoms with E-state index in [4.69, 9.17) is 14.6 Å². The van der Waals surface area contributed by atoms with E-state index in [1.54, 1.807) is 19.1 Å². The number of hydrogen-bond acceptors (Lipinski definition) is 5. The Balaban J connectivity index is 0.000000231. The number of carboxylic acids is 1. The minimum atomic E-state index is -0.977. The van der Waals surface area contributed by atoms with Gasteiger partial charge in [0.15, 0.2) is 0 Å². The quantitative estimate of drug-likeness (QED) is 0.194. The van der Waals surface area contributed by atoms with Crippen LogP contribution in [-0.4, -0.2) is 23.3 Å². The van der Waals surface area contributed by atoms with Crippen molar-refractivity contribution in [3.63, 3.8) is 0 Å². The topological polar surface area (TPSA) is 114 Å². The standard InChI is InChI=1S/C17H17NO4.C17H19NO2/c1-12(14-7-9-15(10-8-14)16(19)20)18-17(21)22-11-13-5-3-2-4-6-13;1-13-8-10-16(11-9-13)14(2)18-17(19)20-12-15-6-4-3-5-7-15/h2-10,12H,11H2,1H3,(H,18,21)(H,19,20);3-11,14H,12H2,1-2H3,(H,18,19)/t12-;14-/m00/s1. The molecule has 0 spiro atoms. The molecule has 8 heteroatoms. The van der Waals surface area contributed by atoms with E-state index in [1.807, 2.05) is 98.8 Å². The zero-order valence-corrected chi connectivity index (χ0v) is 23.9. The Labute approximate surface area is 246 Å². The van der Waals surface area contributed by atoms with Crippen molar-refractivity contribution in [2.75, 3.05) is 0 Å². The third-order valence-electron chi connectivity index (χ3n) is 6.33. The zero-order valence-electron chi connectivity index (χ0n) is 23.9. The van der Waals surface area contributed by atoms with Crippen LogP contribution in [0.1, 0.15) is 64.1 Å². The minimum Gasteiger partial charge on any atom is -0.478 e. The van der Waals surface area contributed by atoms with Gasteiger partial charge in [0, 0.05) is 0 Å². The monoisotopic (exact) mass is 568 g/mol. The van der Waals surface area contributed by atoms with E-state index in [1.165, 1.54) is 17.7 Å². The number of carboxylic acid groups (broad SMARTS) is 1. The van der Waals surface area contributed by atoms with Crippen molar-refractivity contribution in [2.24, 2.45) is 0 Å². The largest absolute Gasteiger partial charge is 0.478 e. The van der Waals surface area contributed by atoms with Gasteiger partial charge in [-0.3, -0.25) is 0 Å². The second-order valence-electron chi connectivity index (χ2n) is 9.69. The normalized spacial score (nSPS) is 11.6. The van der Waals surface area contributed by atoms with Crippen LogP contribution in [0.15, 0.2) is 109 Å². The van der Waals surface area contributed by atoms with Gasteiger partial charge in [0.1, 0.15) is 13.2 Å². The fraction of sp³-hybridized carbons (Fsp3) is 0.206. The molecule has 0 unspecified atom stereocenters. The van der Waals surface area contributed by atoms with Crippen molar-refractivity contribution >= 4 is 18.2 Å². The van der Waals surface area contributed by atoms with E-state index >= 15 is 0 Å². The first-order chi connectivity index (χ1) is 20.2. The highest BCUT2D eigenvalue weighted by molar-refractivity contribution is 5.87. The molecule has 0 heterocycles. The summed E-state index contributed by atoms with van der Waals surface area (Å²) in [6, 6.07) is 33.1. The summed E-state index contributed by atoms with van der Waals surface area (Å²) in [6.07, 6.45) is -0.916. The number of amides is 2. The Morgan fingerprint density at radius 1 is 0.619 bits per heavy atom. The SMILES string of the molecule is C[C@H](NC(=O)OCc1ccccc1)c1ccc(C(=O)O)cc1.Cc1ccc([C@H](C)NC(=O)OCc2ccccc2)cc1. The second-order valence-corrected chi connectivity index (χ2v) is 9.69. The van der Waals surface area contributed by atoms with Gasteiger partial charge in [-0.1, -0.05) is 103 Å². The number of aryl methyl sites for hydroxylation is 1. The van der Waals surface area contributed by atoms with Crippen molar-refractivity contribution < 1.29 is 29.0 Å². The molecule has 2 amide bonds. The number of nitrogens with one attached hydrogen (secondary N) is 2. The Kier molecular flexibility index (Phi) is 12.1. The van der Waals surface area contributed by atoms with Crippen LogP contribution in [0.25, 0.3) is 0 Å². The summed E-state index contributed by atoms with van der Waals surface area (Å²) in [5.74, 6) is -0.977. The molecule has 3 N–H and O–H groups in total. The molecule has 0 radical (unpaired) electrons. The van der Waals surface area contributed by atoms with Gasteiger partial charge in [-0.15, -0.1) is 0 Å². The molecule has 4 aromatic rings. The summed E-state index contributed by atoms with van der Waals surface area (Å²) >= 11 is 0. The number of carbonyl (C=O) groups excluding carboxylic acids is 2. The molecule has 0 fully saturated rings. The molecular weight excluding hydrogens is 532 g/mol. The van der Waals surface area contributed by atoms with Crippen LogP contribution in [0, 0.1) is 6.92 Å². The lowest BCUT2D eigenvalue weighted by molar-refractivity contribution is 0.0696. The highest BCUT2D eigenvalue weighted by atomic mass is 16.6. The number of carbonyl (C=O) groups is 3. The van der Waals surface area contributed by atoms with Crippen molar-refractivity contribution in [1.82, 2.24) is 10.6 Å². The smallest absolute Gasteiger partial charge is 0.407 e. The van der Waals surface area contributed by atoms with Gasteiger partial charge in [0.05, 0.1) is 17.6 Å². The van der Waals surface area contributed by atoms with Crippen molar-refractivity contribution in [1.29, 1.82) is 0 Å². The van der Waals surface area contributed by atoms with Gasteiger partial charge < -0.3 is 25.2 Å². The number of alkyl carbamates (subject to hydrolysis) is 2. The maximum Gasteiger partial charge on any atom is 0.407 e. The fourth-order valence-electron chi connectivity index (χ4n) is 3.82. The number of hydrogen-bond donors (Lipinski definition) is 3. The summed E-state index contributed by atoms with van der Waals surface area (Å²) in [7, 11) is 0. The molecule has 0 bridgehead atoms. The van der Waals surface area contributed by atoms with E-state index < -0.39 is 18.2 Å². The van der Waals surface area contributed by atoms with Gasteiger partial charge in [-0.2, -0.15) is 0 Å². The van der Waals surface area contributed by atoms with E-state index in [9.17, 15) is 14.4 Å². The van der Waals surface area contributed by atoms with Crippen LogP contribution >= 0.6 is 0 Å². The first-order valence-corrected chi connectivity index (χ1v) is 13.6. The van der Waals surface area contributed by atoms with Crippen LogP contribution in [0.2, 0.25) is 0 Å². The average molecular weight is 569 g/mol. The summed E-state index contributed by atoms with van der Waals surface area (Å²) in [5, 5.41) is 14.4. The fourth-order valence-corrected chi connectivity index (χ4v) is 3.82. The summed E-state index contributed by atoms with van der Waals surface area (Å²) < 4.78 is 10.3. The highest BCUT2D eigenvalue weighted by Crippen LogP contribution is 2.15. The van der Waals surface area contributed by atoms with Crippen molar-refractivity contribution in [3.8, 4) is 0 Å². The lowest BCUT2D eigenvalue weighted by Crippen LogP contribution is -2.27. The maximum atomic E-state index is 11.7. The van der Waals surface area contributed by atoms with Crippen LogP contribution in [0.4, 0.5) is 9.59 Å². The Morgan fingerprint density at radius 2 is 1.00 bits per heavy atom. The predicted octanol–water partition coefficient (Wildman–Crippen LogP) is 7.35. The third kappa shape index (κ3) is 10.8. The van der Waals surface area contributed by atoms with E-state index in [0.717, 1.165) is 22.3 Å². The van der Waals surface area contributed by atoms with Crippen LogP contribution in [0.5, 0.6) is 0 Å². The third-order valence-corrected chi connectivity index (χ3v) is 6.33. The molecule has 0 saturated heterocycles. The van der Waals surface area contributed by atoms with E-state index in [0.29, 0.717) is 0 Å². The lowest BCUT2D eigenvalue weighted by atomic mass is 10.1. The second kappa shape index (κ2) is 16.2. The van der Waals surface area contributed by atoms with Crippen molar-refractivity contribution in [2.45, 2.75) is 46.1 Å². The van der Waals surface area contributed by atoms with Crippen LogP contribution in [-0.2, 0) is 22.7 Å². The number of benzene rings is 4. The molecular formula is C34H36N2O6. The molecule has 4 rings (SSSR count). The maximum absolute atomic E-state index is 11.7. The molecule has 218 valence electrons. The van der Waals surface area contributed by atoms with Gasteiger partial charge >= 0.3 is 18.2 Å². The molecule has 8 nitrogen and oxygen atoms in total.